The Hall–Kier alpha value is -1.36. The van der Waals surface area contributed by atoms with Gasteiger partial charge in [-0.15, -0.1) is 0 Å². The van der Waals surface area contributed by atoms with Gasteiger partial charge in [0.25, 0.3) is 0 Å². The summed E-state index contributed by atoms with van der Waals surface area (Å²) in [5.74, 6) is 0.233. The molecule has 1 aromatic heterocycles. The molecule has 100 valence electrons. The lowest BCUT2D eigenvalue weighted by atomic mass is 10.2. The van der Waals surface area contributed by atoms with E-state index in [-0.39, 0.29) is 5.91 Å². The van der Waals surface area contributed by atoms with Gasteiger partial charge in [0, 0.05) is 51.3 Å². The number of hydrogen-bond acceptors (Lipinski definition) is 3. The monoisotopic (exact) mass is 250 g/mol. The van der Waals surface area contributed by atoms with Crippen LogP contribution in [0.5, 0.6) is 0 Å². The predicted molar refractivity (Wildman–Crippen MR) is 70.2 cm³/mol. The van der Waals surface area contributed by atoms with Crippen LogP contribution >= 0.6 is 0 Å². The van der Waals surface area contributed by atoms with Gasteiger partial charge in [0.2, 0.25) is 5.91 Å². The van der Waals surface area contributed by atoms with Crippen LogP contribution in [-0.2, 0) is 24.3 Å². The summed E-state index contributed by atoms with van der Waals surface area (Å²) in [5, 5.41) is 3.30. The molecule has 0 aromatic carbocycles. The Balaban J connectivity index is 1.94. The van der Waals surface area contributed by atoms with Crippen molar-refractivity contribution in [2.24, 2.45) is 0 Å². The molecule has 0 radical (unpaired) electrons. The van der Waals surface area contributed by atoms with E-state index in [0.717, 1.165) is 44.8 Å². The number of carbonyl (C=O) groups excluding carboxylic acids is 1. The van der Waals surface area contributed by atoms with Gasteiger partial charge in [0.15, 0.2) is 0 Å². The van der Waals surface area contributed by atoms with E-state index in [1.165, 1.54) is 5.69 Å². The number of nitrogens with one attached hydrogen (secondary N) is 1. The fourth-order valence-corrected chi connectivity index (χ4v) is 2.44. The third kappa shape index (κ3) is 2.72. The molecule has 1 aliphatic rings. The molecule has 0 spiro atoms. The minimum absolute atomic E-state index is 0.233. The Bertz CT molecular complexity index is 409. The Morgan fingerprint density at radius 3 is 3.00 bits per heavy atom. The van der Waals surface area contributed by atoms with Crippen LogP contribution in [0.15, 0.2) is 6.33 Å². The molecule has 5 nitrogen and oxygen atoms in total. The number of carbonyl (C=O) groups is 1. The van der Waals surface area contributed by atoms with Gasteiger partial charge in [0.1, 0.15) is 0 Å². The maximum absolute atomic E-state index is 11.9. The minimum atomic E-state index is 0.233. The lowest BCUT2D eigenvalue weighted by Gasteiger charge is -2.19. The first-order chi connectivity index (χ1) is 8.76. The zero-order chi connectivity index (χ0) is 13.0. The number of imidazole rings is 1. The van der Waals surface area contributed by atoms with E-state index >= 15 is 0 Å². The van der Waals surface area contributed by atoms with Crippen molar-refractivity contribution in [2.75, 3.05) is 19.6 Å². The summed E-state index contributed by atoms with van der Waals surface area (Å²) in [6.07, 6.45) is 3.44. The molecule has 18 heavy (non-hydrogen) atoms. The van der Waals surface area contributed by atoms with Gasteiger partial charge in [-0.05, 0) is 13.8 Å². The van der Waals surface area contributed by atoms with Gasteiger partial charge < -0.3 is 14.8 Å². The molecule has 0 atom stereocenters. The normalized spacial score (nSPS) is 14.3. The van der Waals surface area contributed by atoms with Gasteiger partial charge in [0.05, 0.1) is 12.0 Å². The molecule has 2 rings (SSSR count). The Kier molecular flexibility index (Phi) is 4.36. The molecule has 0 saturated heterocycles. The highest BCUT2D eigenvalue weighted by Crippen LogP contribution is 2.12. The second kappa shape index (κ2) is 6.00. The minimum Gasteiger partial charge on any atom is -0.343 e. The van der Waals surface area contributed by atoms with Crippen molar-refractivity contribution in [3.63, 3.8) is 0 Å². The average molecular weight is 250 g/mol. The third-order valence-corrected chi connectivity index (χ3v) is 3.55. The fourth-order valence-electron chi connectivity index (χ4n) is 2.44. The number of hydrogen-bond donors (Lipinski definition) is 1. The highest BCUT2D eigenvalue weighted by Gasteiger charge is 2.16. The molecule has 5 heteroatoms. The molecule has 1 aromatic rings. The van der Waals surface area contributed by atoms with E-state index < -0.39 is 0 Å². The molecule has 0 fully saturated rings. The summed E-state index contributed by atoms with van der Waals surface area (Å²) in [4.78, 5) is 18.2. The van der Waals surface area contributed by atoms with Crippen molar-refractivity contribution in [1.82, 2.24) is 19.8 Å². The zero-order valence-electron chi connectivity index (χ0n) is 11.3. The van der Waals surface area contributed by atoms with Crippen LogP contribution in [0.4, 0.5) is 0 Å². The first-order valence-corrected chi connectivity index (χ1v) is 6.77. The Morgan fingerprint density at radius 2 is 2.28 bits per heavy atom. The third-order valence-electron chi connectivity index (χ3n) is 3.55. The van der Waals surface area contributed by atoms with Crippen LogP contribution in [0.1, 0.15) is 31.7 Å². The zero-order valence-corrected chi connectivity index (χ0v) is 11.3. The molecule has 1 aliphatic heterocycles. The van der Waals surface area contributed by atoms with Crippen LogP contribution in [0, 0.1) is 0 Å². The lowest BCUT2D eigenvalue weighted by Crippen LogP contribution is -2.31. The summed E-state index contributed by atoms with van der Waals surface area (Å²) >= 11 is 0. The summed E-state index contributed by atoms with van der Waals surface area (Å²) in [7, 11) is 0. The van der Waals surface area contributed by atoms with Crippen molar-refractivity contribution >= 4 is 5.91 Å². The molecular weight excluding hydrogens is 228 g/mol. The summed E-state index contributed by atoms with van der Waals surface area (Å²) in [6.45, 7) is 8.23. The lowest BCUT2D eigenvalue weighted by molar-refractivity contribution is -0.131. The number of amides is 1. The van der Waals surface area contributed by atoms with E-state index in [1.807, 2.05) is 25.1 Å². The van der Waals surface area contributed by atoms with Crippen LogP contribution in [0.2, 0.25) is 0 Å². The predicted octanol–water partition coefficient (Wildman–Crippen LogP) is 0.787. The summed E-state index contributed by atoms with van der Waals surface area (Å²) in [6, 6.07) is 0. The number of nitrogens with zero attached hydrogens (tertiary/aromatic N) is 3. The van der Waals surface area contributed by atoms with E-state index in [1.54, 1.807) is 0 Å². The summed E-state index contributed by atoms with van der Waals surface area (Å²) in [5.41, 5.74) is 2.43. The van der Waals surface area contributed by atoms with Crippen LogP contribution in [0.25, 0.3) is 0 Å². The second-order valence-corrected chi connectivity index (χ2v) is 4.57. The first-order valence-electron chi connectivity index (χ1n) is 6.77. The largest absolute Gasteiger partial charge is 0.343 e. The fraction of sp³-hybridized carbons (Fsp3) is 0.692. The van der Waals surface area contributed by atoms with Gasteiger partial charge >= 0.3 is 0 Å². The van der Waals surface area contributed by atoms with Gasteiger partial charge in [-0.1, -0.05) is 0 Å². The maximum Gasteiger partial charge on any atom is 0.224 e. The standard InChI is InChI=1S/C13H22N4O/c1-3-16(4-2)13(18)6-8-17-10-15-11-9-14-7-5-12(11)17/h10,14H,3-9H2,1-2H3. The van der Waals surface area contributed by atoms with Crippen molar-refractivity contribution in [3.05, 3.63) is 17.7 Å². The number of aryl methyl sites for hydroxylation is 1. The Labute approximate surface area is 108 Å². The van der Waals surface area contributed by atoms with Crippen LogP contribution in [-0.4, -0.2) is 40.0 Å². The smallest absolute Gasteiger partial charge is 0.224 e. The number of aromatic nitrogens is 2. The molecule has 1 amide bonds. The van der Waals surface area contributed by atoms with Crippen molar-refractivity contribution < 1.29 is 4.79 Å². The molecule has 0 aliphatic carbocycles. The highest BCUT2D eigenvalue weighted by molar-refractivity contribution is 5.76. The van der Waals surface area contributed by atoms with Crippen LogP contribution < -0.4 is 5.32 Å². The van der Waals surface area contributed by atoms with Gasteiger partial charge in [-0.25, -0.2) is 4.98 Å². The van der Waals surface area contributed by atoms with Crippen molar-refractivity contribution in [2.45, 2.75) is 39.8 Å². The van der Waals surface area contributed by atoms with Gasteiger partial charge in [-0.2, -0.15) is 0 Å². The molecular formula is C13H22N4O. The quantitative estimate of drug-likeness (QED) is 0.840. The molecule has 1 N–H and O–H groups in total. The average Bonchev–Trinajstić information content (AvgIpc) is 2.81. The van der Waals surface area contributed by atoms with E-state index in [0.29, 0.717) is 6.42 Å². The van der Waals surface area contributed by atoms with Crippen molar-refractivity contribution in [1.29, 1.82) is 0 Å². The van der Waals surface area contributed by atoms with E-state index in [4.69, 9.17) is 0 Å². The second-order valence-electron chi connectivity index (χ2n) is 4.57. The van der Waals surface area contributed by atoms with Gasteiger partial charge in [-0.3, -0.25) is 4.79 Å². The van der Waals surface area contributed by atoms with E-state index in [2.05, 4.69) is 14.9 Å². The van der Waals surface area contributed by atoms with E-state index in [9.17, 15) is 4.79 Å². The first kappa shape index (κ1) is 13.1. The molecule has 0 unspecified atom stereocenters. The highest BCUT2D eigenvalue weighted by atomic mass is 16.2. The van der Waals surface area contributed by atoms with Crippen LogP contribution in [0.3, 0.4) is 0 Å². The molecule has 0 bridgehead atoms. The summed E-state index contributed by atoms with van der Waals surface area (Å²) < 4.78 is 2.14. The molecule has 2 heterocycles. The SMILES string of the molecule is CCN(CC)C(=O)CCn1cnc2c1CCNC2. The number of fused-ring (bicyclic) bond motifs is 1. The molecule has 0 saturated carbocycles. The Morgan fingerprint density at radius 1 is 1.50 bits per heavy atom. The number of rotatable bonds is 5. The van der Waals surface area contributed by atoms with Crippen molar-refractivity contribution in [3.8, 4) is 0 Å². The topological polar surface area (TPSA) is 50.2 Å². The maximum atomic E-state index is 11.9.